The van der Waals surface area contributed by atoms with Gasteiger partial charge in [-0.1, -0.05) is 0 Å². The summed E-state index contributed by atoms with van der Waals surface area (Å²) in [5.41, 5.74) is 5.34. The maximum absolute atomic E-state index is 10.7. The van der Waals surface area contributed by atoms with E-state index >= 15 is 0 Å². The lowest BCUT2D eigenvalue weighted by molar-refractivity contribution is -0.152. The quantitative estimate of drug-likeness (QED) is 0.357. The smallest absolute Gasteiger partial charge is 0.330 e. The Labute approximate surface area is 69.5 Å². The first-order valence-electron chi connectivity index (χ1n) is 3.11. The molecule has 0 fully saturated rings. The zero-order chi connectivity index (χ0) is 8.69. The number of nitrogens with two attached hydrogens (primary N) is 1. The number of rotatable bonds is 5. The molecular weight excluding hydrogens is 166 g/mol. The van der Waals surface area contributed by atoms with E-state index < -0.39 is 12.0 Å². The van der Waals surface area contributed by atoms with E-state index in [9.17, 15) is 9.59 Å². The Morgan fingerprint density at radius 2 is 2.45 bits per heavy atom. The van der Waals surface area contributed by atoms with E-state index in [1.165, 1.54) is 0 Å². The topological polar surface area (TPSA) is 69.4 Å². The fraction of sp³-hybridized carbons (Fsp3) is 0.667. The highest BCUT2D eigenvalue weighted by Crippen LogP contribution is 1.99. The predicted octanol–water partition coefficient (Wildman–Crippen LogP) is -0.234. The van der Waals surface area contributed by atoms with Crippen molar-refractivity contribution < 1.29 is 14.3 Å². The molecule has 0 aliphatic rings. The SMILES string of the molecule is CSCC[C@H](N)C(=O)OC=O. The molecule has 2 N–H and O–H groups in total. The average Bonchev–Trinajstić information content (AvgIpc) is 2.00. The monoisotopic (exact) mass is 177 g/mol. The lowest BCUT2D eigenvalue weighted by Crippen LogP contribution is -2.32. The van der Waals surface area contributed by atoms with Gasteiger partial charge in [0.05, 0.1) is 0 Å². The second-order valence-electron chi connectivity index (χ2n) is 1.92. The van der Waals surface area contributed by atoms with Crippen LogP contribution >= 0.6 is 11.8 Å². The molecule has 4 nitrogen and oxygen atoms in total. The van der Waals surface area contributed by atoms with E-state index in [1.54, 1.807) is 11.8 Å². The zero-order valence-corrected chi connectivity index (χ0v) is 7.10. The molecule has 0 amide bonds. The summed E-state index contributed by atoms with van der Waals surface area (Å²) in [6, 6.07) is -0.673. The van der Waals surface area contributed by atoms with E-state index in [0.717, 1.165) is 5.75 Å². The number of hydrogen-bond donors (Lipinski definition) is 1. The number of carbonyl (C=O) groups excluding carboxylic acids is 2. The van der Waals surface area contributed by atoms with Crippen LogP contribution < -0.4 is 5.73 Å². The third kappa shape index (κ3) is 4.80. The van der Waals surface area contributed by atoms with Crippen molar-refractivity contribution in [2.45, 2.75) is 12.5 Å². The Kier molecular flexibility index (Phi) is 5.87. The highest BCUT2D eigenvalue weighted by Gasteiger charge is 2.13. The van der Waals surface area contributed by atoms with Gasteiger partial charge in [0.15, 0.2) is 0 Å². The maximum Gasteiger partial charge on any atom is 0.330 e. The number of esters is 1. The first kappa shape index (κ1) is 10.4. The summed E-state index contributed by atoms with van der Waals surface area (Å²) >= 11 is 1.59. The Hall–Kier alpha value is -0.550. The van der Waals surface area contributed by atoms with Crippen LogP contribution in [-0.4, -0.2) is 30.5 Å². The maximum atomic E-state index is 10.7. The molecule has 11 heavy (non-hydrogen) atoms. The Morgan fingerprint density at radius 3 is 2.91 bits per heavy atom. The molecule has 0 radical (unpaired) electrons. The van der Waals surface area contributed by atoms with Crippen molar-refractivity contribution in [2.24, 2.45) is 5.73 Å². The van der Waals surface area contributed by atoms with Crippen molar-refractivity contribution in [2.75, 3.05) is 12.0 Å². The van der Waals surface area contributed by atoms with Crippen molar-refractivity contribution in [1.82, 2.24) is 0 Å². The van der Waals surface area contributed by atoms with Crippen molar-refractivity contribution >= 4 is 24.2 Å². The van der Waals surface area contributed by atoms with E-state index in [1.807, 2.05) is 6.26 Å². The highest BCUT2D eigenvalue weighted by molar-refractivity contribution is 7.98. The van der Waals surface area contributed by atoms with E-state index in [-0.39, 0.29) is 6.47 Å². The van der Waals surface area contributed by atoms with Gasteiger partial charge in [-0.2, -0.15) is 11.8 Å². The summed E-state index contributed by atoms with van der Waals surface area (Å²) in [5.74, 6) is 0.129. The molecule has 0 spiro atoms. The number of thioether (sulfide) groups is 1. The Balaban J connectivity index is 3.54. The Morgan fingerprint density at radius 1 is 1.82 bits per heavy atom. The first-order chi connectivity index (χ1) is 5.22. The van der Waals surface area contributed by atoms with Crippen molar-refractivity contribution in [1.29, 1.82) is 0 Å². The molecule has 0 aliphatic carbocycles. The van der Waals surface area contributed by atoms with Crippen LogP contribution in [0.4, 0.5) is 0 Å². The van der Waals surface area contributed by atoms with Gasteiger partial charge in [0.2, 0.25) is 0 Å². The van der Waals surface area contributed by atoms with Gasteiger partial charge in [0, 0.05) is 0 Å². The van der Waals surface area contributed by atoms with Crippen molar-refractivity contribution in [3.8, 4) is 0 Å². The van der Waals surface area contributed by atoms with Gasteiger partial charge in [0.1, 0.15) is 6.04 Å². The second kappa shape index (κ2) is 6.18. The molecule has 1 atom stereocenters. The zero-order valence-electron chi connectivity index (χ0n) is 6.28. The molecule has 0 aliphatic heterocycles. The minimum atomic E-state index is -0.673. The lowest BCUT2D eigenvalue weighted by atomic mass is 10.2. The van der Waals surface area contributed by atoms with E-state index in [4.69, 9.17) is 5.73 Å². The summed E-state index contributed by atoms with van der Waals surface area (Å²) in [4.78, 5) is 20.4. The minimum absolute atomic E-state index is 0.0985. The largest absolute Gasteiger partial charge is 0.394 e. The molecule has 0 saturated heterocycles. The highest BCUT2D eigenvalue weighted by atomic mass is 32.2. The third-order valence-electron chi connectivity index (χ3n) is 1.10. The Bertz CT molecular complexity index is 140. The molecule has 0 unspecified atom stereocenters. The molecule has 0 saturated carbocycles. The van der Waals surface area contributed by atoms with Crippen LogP contribution in [0.5, 0.6) is 0 Å². The van der Waals surface area contributed by atoms with Crippen LogP contribution in [0.3, 0.4) is 0 Å². The summed E-state index contributed by atoms with van der Waals surface area (Å²) in [7, 11) is 0. The number of hydrogen-bond acceptors (Lipinski definition) is 5. The molecule has 0 bridgehead atoms. The van der Waals surface area contributed by atoms with Crippen molar-refractivity contribution in [3.05, 3.63) is 0 Å². The van der Waals surface area contributed by atoms with Gasteiger partial charge >= 0.3 is 12.4 Å². The van der Waals surface area contributed by atoms with Gasteiger partial charge in [0.25, 0.3) is 0 Å². The van der Waals surface area contributed by atoms with Crippen LogP contribution in [0.2, 0.25) is 0 Å². The summed E-state index contributed by atoms with van der Waals surface area (Å²) in [6.45, 7) is 0.0985. The normalized spacial score (nSPS) is 12.2. The second-order valence-corrected chi connectivity index (χ2v) is 2.91. The summed E-state index contributed by atoms with van der Waals surface area (Å²) in [5, 5.41) is 0. The fourth-order valence-corrected chi connectivity index (χ4v) is 0.987. The van der Waals surface area contributed by atoms with Crippen LogP contribution in [0.25, 0.3) is 0 Å². The summed E-state index contributed by atoms with van der Waals surface area (Å²) < 4.78 is 4.05. The van der Waals surface area contributed by atoms with Gasteiger partial charge in [-0.25, -0.2) is 4.79 Å². The molecule has 64 valence electrons. The molecule has 5 heteroatoms. The molecular formula is C6H11NO3S. The van der Waals surface area contributed by atoms with Gasteiger partial charge in [-0.3, -0.25) is 4.79 Å². The fourth-order valence-electron chi connectivity index (χ4n) is 0.497. The van der Waals surface area contributed by atoms with Crippen LogP contribution in [-0.2, 0) is 14.3 Å². The molecule has 0 heterocycles. The average molecular weight is 177 g/mol. The predicted molar refractivity (Wildman–Crippen MR) is 43.1 cm³/mol. The van der Waals surface area contributed by atoms with Gasteiger partial charge in [-0.05, 0) is 18.4 Å². The third-order valence-corrected chi connectivity index (χ3v) is 1.74. The molecule has 0 aromatic heterocycles. The molecule has 0 aromatic carbocycles. The molecule has 0 rings (SSSR count). The molecule has 0 aromatic rings. The number of ether oxygens (including phenoxy) is 1. The van der Waals surface area contributed by atoms with Crippen LogP contribution in [0.1, 0.15) is 6.42 Å². The van der Waals surface area contributed by atoms with Crippen molar-refractivity contribution in [3.63, 3.8) is 0 Å². The minimum Gasteiger partial charge on any atom is -0.394 e. The van der Waals surface area contributed by atoms with E-state index in [2.05, 4.69) is 4.74 Å². The van der Waals surface area contributed by atoms with Gasteiger partial charge < -0.3 is 10.5 Å². The van der Waals surface area contributed by atoms with Gasteiger partial charge in [-0.15, -0.1) is 0 Å². The standard InChI is InChI=1S/C6H11NO3S/c1-11-3-2-5(7)6(9)10-4-8/h4-5H,2-3,7H2,1H3/t5-/m0/s1. The first-order valence-corrected chi connectivity index (χ1v) is 4.50. The van der Waals surface area contributed by atoms with Crippen LogP contribution in [0.15, 0.2) is 0 Å². The summed E-state index contributed by atoms with van der Waals surface area (Å²) in [6.07, 6.45) is 2.45. The van der Waals surface area contributed by atoms with E-state index in [0.29, 0.717) is 6.42 Å². The lowest BCUT2D eigenvalue weighted by Gasteiger charge is -2.05. The van der Waals surface area contributed by atoms with Crippen LogP contribution in [0, 0.1) is 0 Å². The number of carbonyl (C=O) groups is 2.